The quantitative estimate of drug-likeness (QED) is 0.332. The SMILES string of the molecule is COc1cc(N)c2nc(-c3ccc(-n4c5ccccc5c5ccccc54)cc3)ccc2c1. The molecular weight excluding hydrogens is 394 g/mol. The molecule has 0 atom stereocenters. The van der Waals surface area contributed by atoms with Crippen molar-refractivity contribution in [3.8, 4) is 22.7 Å². The molecule has 4 aromatic carbocycles. The van der Waals surface area contributed by atoms with Crippen LogP contribution in [0.4, 0.5) is 5.69 Å². The van der Waals surface area contributed by atoms with Crippen LogP contribution in [0.5, 0.6) is 5.75 Å². The van der Waals surface area contributed by atoms with E-state index in [0.29, 0.717) is 5.69 Å². The highest BCUT2D eigenvalue weighted by Crippen LogP contribution is 2.33. The Bertz CT molecular complexity index is 1560. The molecule has 0 unspecified atom stereocenters. The molecular formula is C28H21N3O. The molecule has 0 saturated heterocycles. The van der Waals surface area contributed by atoms with Crippen LogP contribution in [0.1, 0.15) is 0 Å². The number of nitrogens with zero attached hydrogens (tertiary/aromatic N) is 2. The molecule has 4 nitrogen and oxygen atoms in total. The Kier molecular flexibility index (Phi) is 4.12. The maximum absolute atomic E-state index is 6.23. The number of fused-ring (bicyclic) bond motifs is 4. The molecule has 0 aliphatic rings. The summed E-state index contributed by atoms with van der Waals surface area (Å²) >= 11 is 0. The van der Waals surface area contributed by atoms with Crippen LogP contribution in [0.25, 0.3) is 49.7 Å². The fourth-order valence-corrected chi connectivity index (χ4v) is 4.49. The monoisotopic (exact) mass is 415 g/mol. The molecule has 32 heavy (non-hydrogen) atoms. The van der Waals surface area contributed by atoms with E-state index < -0.39 is 0 Å². The van der Waals surface area contributed by atoms with E-state index in [4.69, 9.17) is 15.5 Å². The van der Waals surface area contributed by atoms with Crippen LogP contribution < -0.4 is 10.5 Å². The third kappa shape index (κ3) is 2.81. The number of benzene rings is 4. The largest absolute Gasteiger partial charge is 0.497 e. The summed E-state index contributed by atoms with van der Waals surface area (Å²) in [7, 11) is 1.64. The van der Waals surface area contributed by atoms with Crippen molar-refractivity contribution < 1.29 is 4.74 Å². The summed E-state index contributed by atoms with van der Waals surface area (Å²) in [4.78, 5) is 4.83. The van der Waals surface area contributed by atoms with Gasteiger partial charge < -0.3 is 15.0 Å². The Hall–Kier alpha value is -4.31. The van der Waals surface area contributed by atoms with Crippen LogP contribution >= 0.6 is 0 Å². The number of methoxy groups -OCH3 is 1. The molecule has 154 valence electrons. The van der Waals surface area contributed by atoms with Gasteiger partial charge in [0.1, 0.15) is 5.75 Å². The number of hydrogen-bond acceptors (Lipinski definition) is 3. The molecule has 6 rings (SSSR count). The van der Waals surface area contributed by atoms with Gasteiger partial charge in [0.25, 0.3) is 0 Å². The number of ether oxygens (including phenoxy) is 1. The number of nitrogens with two attached hydrogens (primary N) is 1. The van der Waals surface area contributed by atoms with Crippen molar-refractivity contribution >= 4 is 38.4 Å². The summed E-state index contributed by atoms with van der Waals surface area (Å²) < 4.78 is 7.63. The first-order chi connectivity index (χ1) is 15.7. The zero-order chi connectivity index (χ0) is 21.7. The van der Waals surface area contributed by atoms with Crippen molar-refractivity contribution in [2.45, 2.75) is 0 Å². The van der Waals surface area contributed by atoms with Crippen molar-refractivity contribution in [2.75, 3.05) is 12.8 Å². The molecule has 2 heterocycles. The number of rotatable bonds is 3. The number of anilines is 1. The van der Waals surface area contributed by atoms with Crippen molar-refractivity contribution in [3.05, 3.63) is 97.1 Å². The molecule has 2 N–H and O–H groups in total. The van der Waals surface area contributed by atoms with Crippen LogP contribution in [-0.2, 0) is 0 Å². The number of para-hydroxylation sites is 2. The molecule has 0 spiro atoms. The maximum atomic E-state index is 6.23. The van der Waals surface area contributed by atoms with Crippen LogP contribution in [0, 0.1) is 0 Å². The molecule has 0 bridgehead atoms. The van der Waals surface area contributed by atoms with Crippen molar-refractivity contribution in [2.24, 2.45) is 0 Å². The number of aromatic nitrogens is 2. The Balaban J connectivity index is 1.47. The van der Waals surface area contributed by atoms with Gasteiger partial charge in [0.05, 0.1) is 35.0 Å². The van der Waals surface area contributed by atoms with E-state index in [1.165, 1.54) is 21.8 Å². The maximum Gasteiger partial charge on any atom is 0.121 e. The minimum Gasteiger partial charge on any atom is -0.497 e. The van der Waals surface area contributed by atoms with E-state index in [2.05, 4.69) is 77.4 Å². The van der Waals surface area contributed by atoms with Gasteiger partial charge in [-0.05, 0) is 36.4 Å². The minimum absolute atomic E-state index is 0.614. The van der Waals surface area contributed by atoms with E-state index in [-0.39, 0.29) is 0 Å². The topological polar surface area (TPSA) is 53.1 Å². The first-order valence-electron chi connectivity index (χ1n) is 10.6. The average Bonchev–Trinajstić information content (AvgIpc) is 3.18. The smallest absolute Gasteiger partial charge is 0.121 e. The van der Waals surface area contributed by atoms with E-state index in [1.807, 2.05) is 24.3 Å². The Morgan fingerprint density at radius 1 is 0.750 bits per heavy atom. The van der Waals surface area contributed by atoms with E-state index in [9.17, 15) is 0 Å². The van der Waals surface area contributed by atoms with Gasteiger partial charge >= 0.3 is 0 Å². The standard InChI is InChI=1S/C28H21N3O/c1-32-21-16-19-12-15-25(30-28(19)24(29)17-21)18-10-13-20(14-11-18)31-26-8-4-2-6-22(26)23-7-3-5-9-27(23)31/h2-17H,29H2,1H3. The second-order valence-electron chi connectivity index (χ2n) is 7.90. The number of hydrogen-bond donors (Lipinski definition) is 1. The first-order valence-corrected chi connectivity index (χ1v) is 10.6. The van der Waals surface area contributed by atoms with Gasteiger partial charge in [0, 0.05) is 33.5 Å². The van der Waals surface area contributed by atoms with Gasteiger partial charge in [0.15, 0.2) is 0 Å². The molecule has 0 saturated carbocycles. The van der Waals surface area contributed by atoms with Crippen molar-refractivity contribution in [1.82, 2.24) is 9.55 Å². The van der Waals surface area contributed by atoms with E-state index in [1.54, 1.807) is 7.11 Å². The number of nitrogen functional groups attached to an aromatic ring is 1. The first kappa shape index (κ1) is 18.5. The predicted molar refractivity (Wildman–Crippen MR) is 132 cm³/mol. The average molecular weight is 415 g/mol. The molecule has 0 aliphatic carbocycles. The molecule has 4 heteroatoms. The fraction of sp³-hybridized carbons (Fsp3) is 0.0357. The molecule has 0 aliphatic heterocycles. The summed E-state index contributed by atoms with van der Waals surface area (Å²) in [6.45, 7) is 0. The van der Waals surface area contributed by atoms with Crippen LogP contribution in [0.15, 0.2) is 97.1 Å². The lowest BCUT2D eigenvalue weighted by Crippen LogP contribution is -1.95. The van der Waals surface area contributed by atoms with Gasteiger partial charge in [-0.25, -0.2) is 4.98 Å². The Morgan fingerprint density at radius 3 is 2.06 bits per heavy atom. The van der Waals surface area contributed by atoms with E-state index in [0.717, 1.165) is 33.6 Å². The van der Waals surface area contributed by atoms with Gasteiger partial charge in [-0.3, -0.25) is 0 Å². The van der Waals surface area contributed by atoms with Gasteiger partial charge in [0.2, 0.25) is 0 Å². The van der Waals surface area contributed by atoms with Crippen LogP contribution in [0.3, 0.4) is 0 Å². The van der Waals surface area contributed by atoms with Crippen molar-refractivity contribution in [3.63, 3.8) is 0 Å². The van der Waals surface area contributed by atoms with E-state index >= 15 is 0 Å². The summed E-state index contributed by atoms with van der Waals surface area (Å²) in [5.74, 6) is 0.736. The highest BCUT2D eigenvalue weighted by molar-refractivity contribution is 6.09. The predicted octanol–water partition coefficient (Wildman–Crippen LogP) is 6.59. The van der Waals surface area contributed by atoms with Gasteiger partial charge in [-0.15, -0.1) is 0 Å². The molecule has 0 fully saturated rings. The van der Waals surface area contributed by atoms with Crippen LogP contribution in [-0.4, -0.2) is 16.7 Å². The normalized spacial score (nSPS) is 11.4. The summed E-state index contributed by atoms with van der Waals surface area (Å²) in [5.41, 5.74) is 13.1. The Labute approximate surface area is 185 Å². The second-order valence-corrected chi connectivity index (χ2v) is 7.90. The Morgan fingerprint density at radius 2 is 1.41 bits per heavy atom. The molecule has 6 aromatic rings. The zero-order valence-electron chi connectivity index (χ0n) is 17.6. The lowest BCUT2D eigenvalue weighted by Gasteiger charge is -2.10. The van der Waals surface area contributed by atoms with Crippen molar-refractivity contribution in [1.29, 1.82) is 0 Å². The second kappa shape index (κ2) is 7.13. The summed E-state index contributed by atoms with van der Waals surface area (Å²) in [6, 6.07) is 33.4. The molecule has 0 radical (unpaired) electrons. The minimum atomic E-state index is 0.614. The van der Waals surface area contributed by atoms with Gasteiger partial charge in [-0.1, -0.05) is 54.6 Å². The van der Waals surface area contributed by atoms with Crippen LogP contribution in [0.2, 0.25) is 0 Å². The highest BCUT2D eigenvalue weighted by atomic mass is 16.5. The lowest BCUT2D eigenvalue weighted by atomic mass is 10.1. The molecule has 2 aromatic heterocycles. The molecule has 0 amide bonds. The highest BCUT2D eigenvalue weighted by Gasteiger charge is 2.12. The zero-order valence-corrected chi connectivity index (χ0v) is 17.6. The van der Waals surface area contributed by atoms with Gasteiger partial charge in [-0.2, -0.15) is 0 Å². The third-order valence-corrected chi connectivity index (χ3v) is 6.03. The summed E-state index contributed by atoms with van der Waals surface area (Å²) in [6.07, 6.45) is 0. The third-order valence-electron chi connectivity index (χ3n) is 6.03. The fourth-order valence-electron chi connectivity index (χ4n) is 4.49. The number of pyridine rings is 1. The summed E-state index contributed by atoms with van der Waals surface area (Å²) in [5, 5.41) is 3.48. The lowest BCUT2D eigenvalue weighted by molar-refractivity contribution is 0.415.